The summed E-state index contributed by atoms with van der Waals surface area (Å²) in [7, 11) is 0. The number of aliphatic hydroxyl groups is 1. The summed E-state index contributed by atoms with van der Waals surface area (Å²) in [5.41, 5.74) is 1.64. The molecule has 2 heteroatoms. The Morgan fingerprint density at radius 2 is 1.95 bits per heavy atom. The van der Waals surface area contributed by atoms with E-state index in [-0.39, 0.29) is 0 Å². The molecule has 0 spiro atoms. The van der Waals surface area contributed by atoms with Gasteiger partial charge in [-0.25, -0.2) is 4.98 Å². The van der Waals surface area contributed by atoms with Gasteiger partial charge in [0, 0.05) is 5.39 Å². The monoisotopic (exact) mass is 251 g/mol. The summed E-state index contributed by atoms with van der Waals surface area (Å²) < 4.78 is 0. The quantitative estimate of drug-likeness (QED) is 0.832. The van der Waals surface area contributed by atoms with Crippen LogP contribution in [0.2, 0.25) is 0 Å². The minimum Gasteiger partial charge on any atom is -0.380 e. The van der Waals surface area contributed by atoms with Gasteiger partial charge in [0.1, 0.15) is 11.8 Å². The van der Waals surface area contributed by atoms with Gasteiger partial charge in [0.05, 0.1) is 5.52 Å². The number of fused-ring (bicyclic) bond motifs is 1. The molecule has 1 atom stereocenters. The summed E-state index contributed by atoms with van der Waals surface area (Å²) >= 11 is 0. The van der Waals surface area contributed by atoms with E-state index in [0.29, 0.717) is 5.69 Å². The van der Waals surface area contributed by atoms with Gasteiger partial charge in [0.25, 0.3) is 0 Å². The van der Waals surface area contributed by atoms with Crippen LogP contribution in [0.3, 0.4) is 0 Å². The molecular formula is C17H17NO. The highest BCUT2D eigenvalue weighted by Gasteiger charge is 1.93. The van der Waals surface area contributed by atoms with Crippen molar-refractivity contribution in [3.63, 3.8) is 0 Å². The predicted molar refractivity (Wildman–Crippen MR) is 79.4 cm³/mol. The number of hydrogen-bond donors (Lipinski definition) is 1. The molecule has 1 unspecified atom stereocenters. The van der Waals surface area contributed by atoms with Crippen LogP contribution in [-0.4, -0.2) is 16.2 Å². The van der Waals surface area contributed by atoms with Crippen molar-refractivity contribution in [2.45, 2.75) is 25.9 Å². The van der Waals surface area contributed by atoms with E-state index in [4.69, 9.17) is 18.0 Å². The molecule has 0 aliphatic heterocycles. The largest absolute Gasteiger partial charge is 0.380 e. The molecule has 1 aromatic heterocycles. The standard InChI is InChI=1S/C11H7N.C6H10O/c1-2-10-8-7-9-5-3-4-6-11(9)12-10;1-3-5-6(7)4-2/h1,3-8H;2,6-7H,3,5H2,1H3. The number of terminal acetylenes is 2. The fourth-order valence-corrected chi connectivity index (χ4v) is 1.50. The van der Waals surface area contributed by atoms with E-state index in [1.54, 1.807) is 0 Å². The molecule has 0 radical (unpaired) electrons. The minimum absolute atomic E-state index is 0.523. The van der Waals surface area contributed by atoms with Crippen molar-refractivity contribution in [3.05, 3.63) is 42.1 Å². The first-order valence-electron chi connectivity index (χ1n) is 6.17. The summed E-state index contributed by atoms with van der Waals surface area (Å²) in [4.78, 5) is 4.26. The molecule has 96 valence electrons. The minimum atomic E-state index is -0.523. The lowest BCUT2D eigenvalue weighted by Gasteiger charge is -1.95. The highest BCUT2D eigenvalue weighted by Crippen LogP contribution is 2.10. The summed E-state index contributed by atoms with van der Waals surface area (Å²) in [6, 6.07) is 11.7. The fraction of sp³-hybridized carbons (Fsp3) is 0.235. The Balaban J connectivity index is 0.000000224. The number of aromatic nitrogens is 1. The molecule has 19 heavy (non-hydrogen) atoms. The number of rotatable bonds is 2. The van der Waals surface area contributed by atoms with Gasteiger partial charge in [-0.3, -0.25) is 0 Å². The predicted octanol–water partition coefficient (Wildman–Crippen LogP) is 3.00. The number of aliphatic hydroxyl groups excluding tert-OH is 1. The number of nitrogens with zero attached hydrogens (tertiary/aromatic N) is 1. The highest BCUT2D eigenvalue weighted by molar-refractivity contribution is 5.78. The van der Waals surface area contributed by atoms with Gasteiger partial charge in [-0.05, 0) is 18.6 Å². The van der Waals surface area contributed by atoms with Crippen LogP contribution >= 0.6 is 0 Å². The third-order valence-corrected chi connectivity index (χ3v) is 2.50. The smallest absolute Gasteiger partial charge is 0.114 e. The Hall–Kier alpha value is -2.29. The summed E-state index contributed by atoms with van der Waals surface area (Å²) in [6.45, 7) is 1.99. The average molecular weight is 251 g/mol. The maximum absolute atomic E-state index is 8.62. The van der Waals surface area contributed by atoms with Crippen molar-refractivity contribution in [2.75, 3.05) is 0 Å². The van der Waals surface area contributed by atoms with E-state index in [1.807, 2.05) is 43.3 Å². The lowest BCUT2D eigenvalue weighted by Crippen LogP contribution is -1.99. The molecule has 0 saturated carbocycles. The average Bonchev–Trinajstić information content (AvgIpc) is 2.47. The van der Waals surface area contributed by atoms with Crippen LogP contribution in [0, 0.1) is 24.7 Å². The van der Waals surface area contributed by atoms with Gasteiger partial charge in [-0.15, -0.1) is 12.8 Å². The van der Waals surface area contributed by atoms with Gasteiger partial charge in [0.15, 0.2) is 0 Å². The van der Waals surface area contributed by atoms with Crippen LogP contribution in [-0.2, 0) is 0 Å². The van der Waals surface area contributed by atoms with E-state index in [1.165, 1.54) is 0 Å². The van der Waals surface area contributed by atoms with Crippen LogP contribution in [0.4, 0.5) is 0 Å². The fourth-order valence-electron chi connectivity index (χ4n) is 1.50. The Morgan fingerprint density at radius 1 is 1.21 bits per heavy atom. The van der Waals surface area contributed by atoms with Gasteiger partial charge in [-0.1, -0.05) is 49.5 Å². The second kappa shape index (κ2) is 7.93. The van der Waals surface area contributed by atoms with Gasteiger partial charge in [0.2, 0.25) is 0 Å². The molecule has 0 bridgehead atoms. The van der Waals surface area contributed by atoms with Crippen LogP contribution in [0.15, 0.2) is 36.4 Å². The van der Waals surface area contributed by atoms with Crippen molar-refractivity contribution in [2.24, 2.45) is 0 Å². The second-order valence-corrected chi connectivity index (χ2v) is 4.00. The molecule has 1 N–H and O–H groups in total. The van der Waals surface area contributed by atoms with Crippen molar-refractivity contribution in [1.82, 2.24) is 4.98 Å². The molecule has 0 saturated heterocycles. The zero-order chi connectivity index (χ0) is 14.1. The van der Waals surface area contributed by atoms with Gasteiger partial charge < -0.3 is 5.11 Å². The van der Waals surface area contributed by atoms with E-state index in [0.717, 1.165) is 23.7 Å². The van der Waals surface area contributed by atoms with E-state index in [9.17, 15) is 0 Å². The summed E-state index contributed by atoms with van der Waals surface area (Å²) in [6.07, 6.45) is 11.2. The molecule has 2 nitrogen and oxygen atoms in total. The maximum atomic E-state index is 8.62. The SMILES string of the molecule is C#CC(O)CCC.C#Cc1ccc2ccccc2n1. The van der Waals surface area contributed by atoms with Crippen LogP contribution in [0.1, 0.15) is 25.5 Å². The third kappa shape index (κ3) is 4.84. The lowest BCUT2D eigenvalue weighted by molar-refractivity contribution is 0.221. The Morgan fingerprint density at radius 3 is 2.53 bits per heavy atom. The number of para-hydroxylation sites is 1. The maximum Gasteiger partial charge on any atom is 0.114 e. The summed E-state index contributed by atoms with van der Waals surface area (Å²) in [5, 5.41) is 9.74. The Bertz CT molecular complexity index is 604. The topological polar surface area (TPSA) is 33.1 Å². The van der Waals surface area contributed by atoms with E-state index < -0.39 is 6.10 Å². The van der Waals surface area contributed by atoms with Crippen LogP contribution in [0.25, 0.3) is 10.9 Å². The number of hydrogen-bond acceptors (Lipinski definition) is 2. The number of pyridine rings is 1. The molecule has 2 aromatic rings. The number of benzene rings is 1. The van der Waals surface area contributed by atoms with Crippen molar-refractivity contribution in [1.29, 1.82) is 0 Å². The normalized spacial score (nSPS) is 10.7. The first-order chi connectivity index (χ1) is 9.21. The molecule has 0 aliphatic rings. The van der Waals surface area contributed by atoms with Crippen molar-refractivity contribution in [3.8, 4) is 24.7 Å². The zero-order valence-electron chi connectivity index (χ0n) is 11.0. The molecule has 0 fully saturated rings. The van der Waals surface area contributed by atoms with Gasteiger partial charge >= 0.3 is 0 Å². The zero-order valence-corrected chi connectivity index (χ0v) is 11.0. The lowest BCUT2D eigenvalue weighted by atomic mass is 10.2. The molecule has 1 heterocycles. The second-order valence-electron chi connectivity index (χ2n) is 4.00. The van der Waals surface area contributed by atoms with Crippen LogP contribution < -0.4 is 0 Å². The van der Waals surface area contributed by atoms with Crippen molar-refractivity contribution < 1.29 is 5.11 Å². The van der Waals surface area contributed by atoms with E-state index in [2.05, 4.69) is 16.8 Å². The molecule has 1 aromatic carbocycles. The Kier molecular flexibility index (Phi) is 6.16. The van der Waals surface area contributed by atoms with Gasteiger partial charge in [-0.2, -0.15) is 0 Å². The molecule has 2 rings (SSSR count). The van der Waals surface area contributed by atoms with Crippen LogP contribution in [0.5, 0.6) is 0 Å². The molecule has 0 aliphatic carbocycles. The molecule has 0 amide bonds. The molecular weight excluding hydrogens is 234 g/mol. The first-order valence-corrected chi connectivity index (χ1v) is 6.17. The van der Waals surface area contributed by atoms with Crippen molar-refractivity contribution >= 4 is 10.9 Å². The first kappa shape index (κ1) is 14.8. The highest BCUT2D eigenvalue weighted by atomic mass is 16.3. The third-order valence-electron chi connectivity index (χ3n) is 2.50. The summed E-state index contributed by atoms with van der Waals surface area (Å²) in [5.74, 6) is 4.73. The Labute approximate surface area is 114 Å². The van der Waals surface area contributed by atoms with E-state index >= 15 is 0 Å².